The molecule has 0 spiro atoms. The Morgan fingerprint density at radius 1 is 2.00 bits per heavy atom. The predicted octanol–water partition coefficient (Wildman–Crippen LogP) is 1.29. The molecule has 0 aromatic rings. The zero-order valence-electron chi connectivity index (χ0n) is 4.22. The van der Waals surface area contributed by atoms with Crippen LogP contribution in [0.25, 0.3) is 0 Å². The van der Waals surface area contributed by atoms with E-state index in [0.29, 0.717) is 0 Å². The Balaban J connectivity index is 3.36. The van der Waals surface area contributed by atoms with Crippen molar-refractivity contribution in [1.29, 1.82) is 0 Å². The number of rotatable bonds is 3. The maximum absolute atomic E-state index is 9.84. The third-order valence-electron chi connectivity index (χ3n) is 0.741. The van der Waals surface area contributed by atoms with Crippen molar-refractivity contribution in [3.05, 3.63) is 0 Å². The first kappa shape index (κ1) is 6.77. The summed E-state index contributed by atoms with van der Waals surface area (Å²) in [6.07, 6.45) is 1.58. The first-order valence-electron chi connectivity index (χ1n) is 2.17. The van der Waals surface area contributed by atoms with Crippen molar-refractivity contribution in [2.24, 2.45) is 4.74 Å². The number of hydrogen-bond donors (Lipinski definition) is 0. The Kier molecular flexibility index (Phi) is 3.81. The molecule has 3 heteroatoms. The van der Waals surface area contributed by atoms with Gasteiger partial charge in [-0.15, -0.1) is 0 Å². The van der Waals surface area contributed by atoms with Crippen LogP contribution in [0.15, 0.2) is 4.74 Å². The molecule has 0 heterocycles. The molecule has 0 bridgehead atoms. The van der Waals surface area contributed by atoms with Crippen LogP contribution >= 0.6 is 9.03 Å². The molecule has 0 saturated heterocycles. The average Bonchev–Trinajstić information content (AvgIpc) is 1.72. The van der Waals surface area contributed by atoms with Gasteiger partial charge in [0.15, 0.2) is 0 Å². The van der Waals surface area contributed by atoms with E-state index in [9.17, 15) is 4.79 Å². The molecule has 0 aromatic heterocycles. The summed E-state index contributed by atoms with van der Waals surface area (Å²) in [6.45, 7) is 1.91. The Hall–Kier alpha value is -0.230. The molecular weight excluding hydrogens is 109 g/mol. The maximum atomic E-state index is 9.84. The highest BCUT2D eigenvalue weighted by Gasteiger charge is 1.94. The van der Waals surface area contributed by atoms with Crippen LogP contribution in [-0.4, -0.2) is 12.3 Å². The van der Waals surface area contributed by atoms with E-state index in [1.807, 2.05) is 6.92 Å². The predicted molar refractivity (Wildman–Crippen MR) is 30.9 cm³/mol. The van der Waals surface area contributed by atoms with Crippen LogP contribution in [0, 0.1) is 0 Å². The highest BCUT2D eigenvalue weighted by atomic mass is 31.0. The van der Waals surface area contributed by atoms with E-state index in [1.165, 1.54) is 0 Å². The van der Waals surface area contributed by atoms with Gasteiger partial charge in [0.1, 0.15) is 12.3 Å². The lowest BCUT2D eigenvalue weighted by Crippen LogP contribution is -1.99. The number of hydrogen-bond acceptors (Lipinski definition) is 2. The van der Waals surface area contributed by atoms with E-state index in [-0.39, 0.29) is 6.04 Å². The molecule has 0 aromatic carbocycles. The third kappa shape index (κ3) is 2.46. The van der Waals surface area contributed by atoms with Gasteiger partial charge in [0.05, 0.1) is 0 Å². The minimum atomic E-state index is -0.156. The molecule has 0 aliphatic heterocycles. The van der Waals surface area contributed by atoms with Crippen molar-refractivity contribution in [2.45, 2.75) is 19.4 Å². The van der Waals surface area contributed by atoms with Gasteiger partial charge in [0, 0.05) is 0 Å². The van der Waals surface area contributed by atoms with Crippen molar-refractivity contribution >= 4 is 15.3 Å². The Morgan fingerprint density at radius 2 is 2.57 bits per heavy atom. The lowest BCUT2D eigenvalue weighted by atomic mass is 10.3. The van der Waals surface area contributed by atoms with Gasteiger partial charge in [0.2, 0.25) is 0 Å². The monoisotopic (exact) mass is 117 g/mol. The minimum Gasteiger partial charge on any atom is -0.301 e. The van der Waals surface area contributed by atoms with E-state index in [2.05, 4.69) is 13.8 Å². The largest absolute Gasteiger partial charge is 0.301 e. The Bertz CT molecular complexity index is 66.1. The molecule has 0 aliphatic carbocycles. The van der Waals surface area contributed by atoms with Gasteiger partial charge in [-0.3, -0.25) is 4.74 Å². The fraction of sp³-hybridized carbons (Fsp3) is 0.750. The smallest absolute Gasteiger partial charge is 0.144 e. The molecule has 0 radical (unpaired) electrons. The highest BCUT2D eigenvalue weighted by Crippen LogP contribution is 1.92. The molecule has 7 heavy (non-hydrogen) atoms. The van der Waals surface area contributed by atoms with Gasteiger partial charge in [-0.2, -0.15) is 0 Å². The second-order valence-corrected chi connectivity index (χ2v) is 1.50. The zero-order chi connectivity index (χ0) is 5.70. The molecule has 1 unspecified atom stereocenters. The first-order valence-corrected chi connectivity index (χ1v) is 2.61. The standard InChI is InChI=1S/C4H8NOP/c1-2-4(3-6)5-7/h3-4,7H,2H2,1H3. The fourth-order valence-corrected chi connectivity index (χ4v) is 0.461. The Labute approximate surface area is 45.2 Å². The Morgan fingerprint density at radius 3 is 2.57 bits per heavy atom. The van der Waals surface area contributed by atoms with E-state index < -0.39 is 0 Å². The van der Waals surface area contributed by atoms with Gasteiger partial charge < -0.3 is 4.79 Å². The fourth-order valence-electron chi connectivity index (χ4n) is 0.218. The van der Waals surface area contributed by atoms with Gasteiger partial charge in [-0.25, -0.2) is 0 Å². The van der Waals surface area contributed by atoms with Crippen molar-refractivity contribution in [2.75, 3.05) is 0 Å². The average molecular weight is 117 g/mol. The van der Waals surface area contributed by atoms with E-state index >= 15 is 0 Å². The van der Waals surface area contributed by atoms with Gasteiger partial charge in [-0.05, 0) is 15.5 Å². The molecule has 0 saturated carbocycles. The van der Waals surface area contributed by atoms with Crippen LogP contribution in [0.5, 0.6) is 0 Å². The molecular formula is C4H8NOP. The van der Waals surface area contributed by atoms with Crippen molar-refractivity contribution in [3.63, 3.8) is 0 Å². The quantitative estimate of drug-likeness (QED) is 0.404. The molecule has 0 rings (SSSR count). The van der Waals surface area contributed by atoms with Crippen LogP contribution in [0.4, 0.5) is 0 Å². The molecule has 0 aliphatic rings. The van der Waals surface area contributed by atoms with Crippen LogP contribution in [-0.2, 0) is 4.79 Å². The van der Waals surface area contributed by atoms with Crippen LogP contribution in [0.2, 0.25) is 0 Å². The third-order valence-corrected chi connectivity index (χ3v) is 1.07. The van der Waals surface area contributed by atoms with E-state index in [4.69, 9.17) is 0 Å². The van der Waals surface area contributed by atoms with Gasteiger partial charge in [-0.1, -0.05) is 6.92 Å². The first-order chi connectivity index (χ1) is 3.35. The summed E-state index contributed by atoms with van der Waals surface area (Å²) in [4.78, 5) is 9.84. The normalized spacial score (nSPS) is 12.7. The summed E-state index contributed by atoms with van der Waals surface area (Å²) in [5, 5.41) is 0. The number of nitrogens with zero attached hydrogens (tertiary/aromatic N) is 1. The minimum absolute atomic E-state index is 0.156. The molecule has 2 nitrogen and oxygen atoms in total. The number of aldehydes is 1. The highest BCUT2D eigenvalue weighted by molar-refractivity contribution is 7.04. The second-order valence-electron chi connectivity index (χ2n) is 1.24. The van der Waals surface area contributed by atoms with Crippen LogP contribution in [0.3, 0.4) is 0 Å². The summed E-state index contributed by atoms with van der Waals surface area (Å²) >= 11 is 0. The zero-order valence-corrected chi connectivity index (χ0v) is 5.22. The van der Waals surface area contributed by atoms with Gasteiger partial charge >= 0.3 is 0 Å². The van der Waals surface area contributed by atoms with E-state index in [0.717, 1.165) is 12.7 Å². The summed E-state index contributed by atoms with van der Waals surface area (Å²) < 4.78 is 3.56. The molecule has 1 atom stereocenters. The number of carbonyl (C=O) groups excluding carboxylic acids is 1. The van der Waals surface area contributed by atoms with Crippen molar-refractivity contribution in [3.8, 4) is 0 Å². The molecule has 0 N–H and O–H groups in total. The van der Waals surface area contributed by atoms with E-state index in [1.54, 1.807) is 0 Å². The summed E-state index contributed by atoms with van der Waals surface area (Å²) in [7, 11) is 2.87. The summed E-state index contributed by atoms with van der Waals surface area (Å²) in [6, 6.07) is -0.156. The number of carbonyl (C=O) groups is 1. The topological polar surface area (TPSA) is 29.4 Å². The summed E-state index contributed by atoms with van der Waals surface area (Å²) in [5.74, 6) is 0. The lowest BCUT2D eigenvalue weighted by Gasteiger charge is -1.92. The SMILES string of the molecule is CCC(C=O)N=P. The summed E-state index contributed by atoms with van der Waals surface area (Å²) in [5.41, 5.74) is 0. The van der Waals surface area contributed by atoms with Crippen molar-refractivity contribution < 1.29 is 4.79 Å². The van der Waals surface area contributed by atoms with Crippen molar-refractivity contribution in [1.82, 2.24) is 0 Å². The lowest BCUT2D eigenvalue weighted by molar-refractivity contribution is -0.108. The second kappa shape index (κ2) is 3.94. The molecule has 0 amide bonds. The van der Waals surface area contributed by atoms with Crippen LogP contribution < -0.4 is 0 Å². The maximum Gasteiger partial charge on any atom is 0.144 e. The molecule has 40 valence electrons. The van der Waals surface area contributed by atoms with Crippen LogP contribution in [0.1, 0.15) is 13.3 Å². The molecule has 0 fully saturated rings. The van der Waals surface area contributed by atoms with Gasteiger partial charge in [0.25, 0.3) is 0 Å².